The summed E-state index contributed by atoms with van der Waals surface area (Å²) in [7, 11) is 2.86. The van der Waals surface area contributed by atoms with E-state index in [-0.39, 0.29) is 35.0 Å². The Morgan fingerprint density at radius 1 is 1.17 bits per heavy atom. The van der Waals surface area contributed by atoms with E-state index in [1.807, 2.05) is 6.07 Å². The van der Waals surface area contributed by atoms with E-state index in [1.54, 1.807) is 25.1 Å². The number of esters is 1. The summed E-state index contributed by atoms with van der Waals surface area (Å²) in [6.45, 7) is 1.68. The number of carbonyl (C=O) groups excluding carboxylic acids is 1. The molecular weight excluding hydrogens is 481 g/mol. The summed E-state index contributed by atoms with van der Waals surface area (Å²) >= 11 is 0. The molecule has 0 N–H and O–H groups in total. The number of aromatic nitrogens is 3. The molecule has 12 heteroatoms. The Bertz CT molecular complexity index is 1330. The van der Waals surface area contributed by atoms with Gasteiger partial charge in [-0.05, 0) is 31.2 Å². The number of para-hydroxylation sites is 1. The maximum Gasteiger partial charge on any atom is 0.452 e. The third-order valence-corrected chi connectivity index (χ3v) is 5.58. The number of halogens is 3. The quantitative estimate of drug-likeness (QED) is 0.460. The maximum absolute atomic E-state index is 14.0. The molecule has 2 atom stereocenters. The van der Waals surface area contributed by atoms with Crippen LogP contribution in [0.2, 0.25) is 0 Å². The second-order valence-electron chi connectivity index (χ2n) is 7.70. The van der Waals surface area contributed by atoms with Gasteiger partial charge in [-0.2, -0.15) is 18.4 Å². The molecule has 0 fully saturated rings. The number of nitriles is 1. The van der Waals surface area contributed by atoms with Crippen LogP contribution < -0.4 is 9.47 Å². The molecule has 188 valence electrons. The van der Waals surface area contributed by atoms with Crippen molar-refractivity contribution in [3.8, 4) is 23.3 Å². The lowest BCUT2D eigenvalue weighted by Gasteiger charge is -2.24. The van der Waals surface area contributed by atoms with Gasteiger partial charge in [-0.25, -0.2) is 0 Å². The second kappa shape index (κ2) is 9.87. The third-order valence-electron chi connectivity index (χ3n) is 5.58. The van der Waals surface area contributed by atoms with Gasteiger partial charge in [-0.15, -0.1) is 10.2 Å². The van der Waals surface area contributed by atoms with Crippen molar-refractivity contribution in [1.29, 1.82) is 5.26 Å². The van der Waals surface area contributed by atoms with Gasteiger partial charge in [0.05, 0.1) is 44.6 Å². The van der Waals surface area contributed by atoms with Crippen molar-refractivity contribution in [2.24, 2.45) is 0 Å². The van der Waals surface area contributed by atoms with Crippen LogP contribution >= 0.6 is 0 Å². The smallest absolute Gasteiger partial charge is 0.452 e. The number of alkyl halides is 3. The minimum atomic E-state index is -4.86. The zero-order chi connectivity index (χ0) is 26.0. The lowest BCUT2D eigenvalue weighted by atomic mass is 9.96. The number of rotatable bonds is 6. The highest BCUT2D eigenvalue weighted by atomic mass is 19.4. The highest BCUT2D eigenvalue weighted by Gasteiger charge is 2.44. The van der Waals surface area contributed by atoms with Gasteiger partial charge in [0.15, 0.2) is 17.3 Å². The van der Waals surface area contributed by atoms with Gasteiger partial charge in [0.2, 0.25) is 5.82 Å². The molecule has 2 aromatic carbocycles. The molecule has 3 aromatic rings. The van der Waals surface area contributed by atoms with E-state index in [0.717, 1.165) is 4.57 Å². The van der Waals surface area contributed by atoms with Crippen LogP contribution in [-0.2, 0) is 20.4 Å². The minimum Gasteiger partial charge on any atom is -0.493 e. The van der Waals surface area contributed by atoms with Crippen molar-refractivity contribution in [1.82, 2.24) is 14.8 Å². The second-order valence-corrected chi connectivity index (χ2v) is 7.70. The monoisotopic (exact) mass is 502 g/mol. The van der Waals surface area contributed by atoms with Crippen molar-refractivity contribution in [3.05, 3.63) is 64.7 Å². The van der Waals surface area contributed by atoms with Crippen molar-refractivity contribution < 1.29 is 36.9 Å². The highest BCUT2D eigenvalue weighted by molar-refractivity contribution is 5.70. The fourth-order valence-electron chi connectivity index (χ4n) is 4.13. The average Bonchev–Trinajstić information content (AvgIpc) is 3.26. The van der Waals surface area contributed by atoms with Crippen LogP contribution in [0.15, 0.2) is 36.4 Å². The van der Waals surface area contributed by atoms with Crippen molar-refractivity contribution in [2.45, 2.75) is 31.7 Å². The number of carbonyl (C=O) groups is 1. The fraction of sp³-hybridized carbons (Fsp3) is 0.333. The van der Waals surface area contributed by atoms with E-state index in [4.69, 9.17) is 18.9 Å². The first-order chi connectivity index (χ1) is 17.2. The zero-order valence-electron chi connectivity index (χ0n) is 19.5. The Kier molecular flexibility index (Phi) is 6.85. The van der Waals surface area contributed by atoms with Crippen LogP contribution in [0.5, 0.6) is 11.5 Å². The SMILES string of the molecule is CCOC(=O)C[C@H]1O[C@H](c2cccc(OC)c2OC)c2cc(C#N)ccc2-n2c1nnc2C(F)(F)F. The summed E-state index contributed by atoms with van der Waals surface area (Å²) in [5.41, 5.74) is 0.867. The molecule has 4 rings (SSSR count). The molecular formula is C24H21F3N4O5. The van der Waals surface area contributed by atoms with Crippen LogP contribution in [0.1, 0.15) is 53.9 Å². The number of hydrogen-bond donors (Lipinski definition) is 0. The van der Waals surface area contributed by atoms with Gasteiger partial charge in [0.1, 0.15) is 12.2 Å². The number of methoxy groups -OCH3 is 2. The Hall–Kier alpha value is -4.11. The Labute approximate surface area is 204 Å². The van der Waals surface area contributed by atoms with E-state index in [1.165, 1.54) is 32.4 Å². The maximum atomic E-state index is 14.0. The number of benzene rings is 2. The molecule has 2 heterocycles. The molecule has 0 radical (unpaired) electrons. The Morgan fingerprint density at radius 2 is 1.94 bits per heavy atom. The lowest BCUT2D eigenvalue weighted by molar-refractivity contribution is -0.147. The molecule has 0 saturated heterocycles. The van der Waals surface area contributed by atoms with Gasteiger partial charge < -0.3 is 18.9 Å². The first-order valence-electron chi connectivity index (χ1n) is 10.8. The Morgan fingerprint density at radius 3 is 2.58 bits per heavy atom. The molecule has 0 aliphatic carbocycles. The summed E-state index contributed by atoms with van der Waals surface area (Å²) in [4.78, 5) is 12.4. The predicted molar refractivity (Wildman–Crippen MR) is 118 cm³/mol. The molecule has 1 aromatic heterocycles. The average molecular weight is 502 g/mol. The van der Waals surface area contributed by atoms with Crippen LogP contribution in [0, 0.1) is 11.3 Å². The van der Waals surface area contributed by atoms with Crippen LogP contribution in [0.4, 0.5) is 13.2 Å². The number of hydrogen-bond acceptors (Lipinski definition) is 8. The number of ether oxygens (including phenoxy) is 4. The summed E-state index contributed by atoms with van der Waals surface area (Å²) in [6, 6.07) is 11.1. The van der Waals surface area contributed by atoms with E-state index in [2.05, 4.69) is 10.2 Å². The zero-order valence-corrected chi connectivity index (χ0v) is 19.5. The summed E-state index contributed by atoms with van der Waals surface area (Å²) in [6.07, 6.45) is -7.63. The molecule has 1 aliphatic rings. The largest absolute Gasteiger partial charge is 0.493 e. The Balaban J connectivity index is 2.02. The van der Waals surface area contributed by atoms with E-state index in [0.29, 0.717) is 11.3 Å². The number of nitrogens with zero attached hydrogens (tertiary/aromatic N) is 4. The van der Waals surface area contributed by atoms with E-state index in [9.17, 15) is 23.2 Å². The summed E-state index contributed by atoms with van der Waals surface area (Å²) < 4.78 is 65.0. The molecule has 0 bridgehead atoms. The molecule has 0 amide bonds. The molecule has 1 aliphatic heterocycles. The van der Waals surface area contributed by atoms with E-state index < -0.39 is 36.6 Å². The van der Waals surface area contributed by atoms with Crippen LogP contribution in [0.3, 0.4) is 0 Å². The lowest BCUT2D eigenvalue weighted by Crippen LogP contribution is -2.18. The van der Waals surface area contributed by atoms with Crippen molar-refractivity contribution in [2.75, 3.05) is 20.8 Å². The fourth-order valence-corrected chi connectivity index (χ4v) is 4.13. The summed E-state index contributed by atoms with van der Waals surface area (Å²) in [5, 5.41) is 16.6. The number of fused-ring (bicyclic) bond motifs is 3. The van der Waals surface area contributed by atoms with Gasteiger partial charge in [0.25, 0.3) is 0 Å². The van der Waals surface area contributed by atoms with Gasteiger partial charge >= 0.3 is 12.1 Å². The highest BCUT2D eigenvalue weighted by Crippen LogP contribution is 2.47. The predicted octanol–water partition coefficient (Wildman–Crippen LogP) is 4.29. The minimum absolute atomic E-state index is 0.0440. The third kappa shape index (κ3) is 4.45. The summed E-state index contributed by atoms with van der Waals surface area (Å²) in [5.74, 6) is -1.57. The van der Waals surface area contributed by atoms with Gasteiger partial charge in [-0.1, -0.05) is 12.1 Å². The first-order valence-corrected chi connectivity index (χ1v) is 10.8. The van der Waals surface area contributed by atoms with Crippen molar-refractivity contribution in [3.63, 3.8) is 0 Å². The van der Waals surface area contributed by atoms with Gasteiger partial charge in [-0.3, -0.25) is 9.36 Å². The van der Waals surface area contributed by atoms with Gasteiger partial charge in [0, 0.05) is 11.1 Å². The molecule has 36 heavy (non-hydrogen) atoms. The normalized spacial score (nSPS) is 16.8. The van der Waals surface area contributed by atoms with E-state index >= 15 is 0 Å². The van der Waals surface area contributed by atoms with Crippen LogP contribution in [-0.4, -0.2) is 41.6 Å². The molecule has 9 nitrogen and oxygen atoms in total. The first kappa shape index (κ1) is 25.0. The molecule has 0 unspecified atom stereocenters. The standard InChI is InChI=1S/C24H21F3N4O5/c1-4-35-19(32)11-18-22-29-30-23(24(25,26)27)31(22)16-9-8-13(12-28)10-15(16)20(36-18)14-6-5-7-17(33-2)21(14)34-3/h5-10,18,20H,4,11H2,1-3H3/t18-,20-/m1/s1. The van der Waals surface area contributed by atoms with Crippen LogP contribution in [0.25, 0.3) is 5.69 Å². The topological polar surface area (TPSA) is 108 Å². The molecule has 0 saturated carbocycles. The van der Waals surface area contributed by atoms with Crippen molar-refractivity contribution >= 4 is 5.97 Å². The molecule has 0 spiro atoms.